The number of aryl methyl sites for hydroxylation is 2. The smallest absolute Gasteiger partial charge is 0.0907 e. The van der Waals surface area contributed by atoms with Gasteiger partial charge in [0.25, 0.3) is 0 Å². The number of rotatable bonds is 0. The van der Waals surface area contributed by atoms with Crippen molar-refractivity contribution in [2.45, 2.75) is 20.8 Å². The molecule has 1 aromatic carbocycles. The number of halogens is 1. The van der Waals surface area contributed by atoms with Crippen molar-refractivity contribution in [3.63, 3.8) is 0 Å². The van der Waals surface area contributed by atoms with Crippen molar-refractivity contribution in [2.24, 2.45) is 0 Å². The van der Waals surface area contributed by atoms with Crippen LogP contribution in [0, 0.1) is 13.8 Å². The topological polar surface area (TPSA) is 12.9 Å². The lowest BCUT2D eigenvalue weighted by molar-refractivity contribution is 1.34. The monoisotopic (exact) mass is 319 g/mol. The van der Waals surface area contributed by atoms with Crippen LogP contribution in [0.2, 0.25) is 0 Å². The maximum atomic E-state index is 4.39. The fourth-order valence-electron chi connectivity index (χ4n) is 1.15. The van der Waals surface area contributed by atoms with E-state index in [1.807, 2.05) is 6.92 Å². The molecule has 76 valence electrons. The summed E-state index contributed by atoms with van der Waals surface area (Å²) in [6, 6.07) is 6.38. The number of alkyl halides is 1. The maximum Gasteiger partial charge on any atom is 0.0907 e. The fourth-order valence-corrected chi connectivity index (χ4v) is 1.96. The highest BCUT2D eigenvalue weighted by molar-refractivity contribution is 14.1. The number of aromatic nitrogens is 1. The molecule has 0 atom stereocenters. The summed E-state index contributed by atoms with van der Waals surface area (Å²) in [5.74, 6) is 0. The number of thiazole rings is 1. The first-order valence-electron chi connectivity index (χ1n) is 4.57. The van der Waals surface area contributed by atoms with Gasteiger partial charge in [-0.25, -0.2) is 4.98 Å². The Morgan fingerprint density at radius 3 is 2.64 bits per heavy atom. The molecule has 0 fully saturated rings. The molecule has 0 aliphatic carbocycles. The van der Waals surface area contributed by atoms with Crippen molar-refractivity contribution >= 4 is 44.1 Å². The van der Waals surface area contributed by atoms with Crippen LogP contribution in [0.4, 0.5) is 0 Å². The van der Waals surface area contributed by atoms with Crippen molar-refractivity contribution in [1.82, 2.24) is 4.98 Å². The fraction of sp³-hybridized carbons (Fsp3) is 0.364. The van der Waals surface area contributed by atoms with Crippen LogP contribution in [0.3, 0.4) is 0 Å². The van der Waals surface area contributed by atoms with Gasteiger partial charge in [-0.05, 0) is 36.0 Å². The first kappa shape index (κ1) is 11.9. The molecule has 0 spiro atoms. The molecule has 0 saturated carbocycles. The van der Waals surface area contributed by atoms with Gasteiger partial charge in [0.2, 0.25) is 0 Å². The van der Waals surface area contributed by atoms with Gasteiger partial charge in [0, 0.05) is 0 Å². The summed E-state index contributed by atoms with van der Waals surface area (Å²) in [5.41, 5.74) is 2.41. The van der Waals surface area contributed by atoms with E-state index in [0.717, 1.165) is 10.5 Å². The standard InChI is InChI=1S/C9H9NS.C2H5I/c1-6-3-4-9-8(5-6)10-7(2)11-9;1-2-3/h3-5H,1-2H3;2H2,1H3. The second-order valence-corrected chi connectivity index (χ2v) is 5.73. The minimum absolute atomic E-state index is 1.13. The number of fused-ring (bicyclic) bond motifs is 1. The van der Waals surface area contributed by atoms with Crippen molar-refractivity contribution in [3.05, 3.63) is 28.8 Å². The SMILES string of the molecule is CCI.Cc1ccc2sc(C)nc2c1. The van der Waals surface area contributed by atoms with E-state index >= 15 is 0 Å². The number of hydrogen-bond acceptors (Lipinski definition) is 2. The van der Waals surface area contributed by atoms with Gasteiger partial charge in [0.15, 0.2) is 0 Å². The lowest BCUT2D eigenvalue weighted by Gasteiger charge is -1.88. The summed E-state index contributed by atoms with van der Waals surface area (Å²) >= 11 is 4.04. The Hall–Kier alpha value is -0.160. The highest BCUT2D eigenvalue weighted by Crippen LogP contribution is 2.21. The molecule has 3 heteroatoms. The van der Waals surface area contributed by atoms with Gasteiger partial charge in [-0.2, -0.15) is 0 Å². The first-order valence-corrected chi connectivity index (χ1v) is 6.91. The Balaban J connectivity index is 0.000000293. The molecule has 0 amide bonds. The largest absolute Gasteiger partial charge is 0.242 e. The van der Waals surface area contributed by atoms with Crippen LogP contribution >= 0.6 is 33.9 Å². The Morgan fingerprint density at radius 2 is 2.00 bits per heavy atom. The lowest BCUT2D eigenvalue weighted by Crippen LogP contribution is -1.71. The van der Waals surface area contributed by atoms with Gasteiger partial charge >= 0.3 is 0 Å². The van der Waals surface area contributed by atoms with Gasteiger partial charge in [0.05, 0.1) is 15.2 Å². The molecular formula is C11H14INS. The molecule has 1 heterocycles. The van der Waals surface area contributed by atoms with E-state index in [4.69, 9.17) is 0 Å². The number of nitrogens with zero attached hydrogens (tertiary/aromatic N) is 1. The molecule has 0 aliphatic rings. The van der Waals surface area contributed by atoms with Crippen molar-refractivity contribution in [3.8, 4) is 0 Å². The summed E-state index contributed by atoms with van der Waals surface area (Å²) in [7, 11) is 0. The molecule has 2 aromatic rings. The Bertz CT molecular complexity index is 409. The zero-order chi connectivity index (χ0) is 10.6. The molecule has 2 rings (SSSR count). The van der Waals surface area contributed by atoms with E-state index in [-0.39, 0.29) is 0 Å². The minimum Gasteiger partial charge on any atom is -0.242 e. The molecule has 14 heavy (non-hydrogen) atoms. The summed E-state index contributed by atoms with van der Waals surface area (Å²) in [5, 5.41) is 1.14. The highest BCUT2D eigenvalue weighted by atomic mass is 127. The van der Waals surface area contributed by atoms with E-state index in [0.29, 0.717) is 0 Å². The average molecular weight is 319 g/mol. The third-order valence-electron chi connectivity index (χ3n) is 1.65. The van der Waals surface area contributed by atoms with Gasteiger partial charge in [-0.15, -0.1) is 11.3 Å². The molecule has 0 bridgehead atoms. The summed E-state index contributed by atoms with van der Waals surface area (Å²) < 4.78 is 2.51. The molecule has 0 radical (unpaired) electrons. The van der Waals surface area contributed by atoms with Crippen molar-refractivity contribution in [2.75, 3.05) is 4.43 Å². The van der Waals surface area contributed by atoms with Crippen LogP contribution in [0.15, 0.2) is 18.2 Å². The van der Waals surface area contributed by atoms with Gasteiger partial charge in [0.1, 0.15) is 0 Å². The molecule has 0 N–H and O–H groups in total. The van der Waals surface area contributed by atoms with Gasteiger partial charge < -0.3 is 0 Å². The zero-order valence-corrected chi connectivity index (χ0v) is 11.6. The van der Waals surface area contributed by atoms with Gasteiger partial charge in [-0.1, -0.05) is 35.6 Å². The minimum atomic E-state index is 1.13. The molecule has 1 aromatic heterocycles. The number of benzene rings is 1. The summed E-state index contributed by atoms with van der Waals surface area (Å²) in [6.07, 6.45) is 0. The Labute approximate surface area is 103 Å². The van der Waals surface area contributed by atoms with Crippen LogP contribution in [-0.4, -0.2) is 9.41 Å². The predicted molar refractivity (Wildman–Crippen MR) is 73.7 cm³/mol. The summed E-state index contributed by atoms with van der Waals surface area (Å²) in [4.78, 5) is 4.39. The van der Waals surface area contributed by atoms with Crippen molar-refractivity contribution < 1.29 is 0 Å². The molecule has 0 unspecified atom stereocenters. The predicted octanol–water partition coefficient (Wildman–Crippen LogP) is 4.35. The van der Waals surface area contributed by atoms with E-state index in [1.165, 1.54) is 14.7 Å². The highest BCUT2D eigenvalue weighted by Gasteiger charge is 1.98. The van der Waals surface area contributed by atoms with Crippen LogP contribution < -0.4 is 0 Å². The lowest BCUT2D eigenvalue weighted by atomic mass is 10.2. The van der Waals surface area contributed by atoms with E-state index in [1.54, 1.807) is 11.3 Å². The van der Waals surface area contributed by atoms with Crippen LogP contribution in [0.1, 0.15) is 17.5 Å². The molecule has 1 nitrogen and oxygen atoms in total. The van der Waals surface area contributed by atoms with Gasteiger partial charge in [-0.3, -0.25) is 0 Å². The Kier molecular flexibility index (Phi) is 4.81. The third kappa shape index (κ3) is 3.20. The normalized spacial score (nSPS) is 9.71. The quantitative estimate of drug-likeness (QED) is 0.519. The zero-order valence-electron chi connectivity index (χ0n) is 8.67. The van der Waals surface area contributed by atoms with E-state index in [2.05, 4.69) is 59.6 Å². The second kappa shape index (κ2) is 5.66. The Morgan fingerprint density at radius 1 is 1.36 bits per heavy atom. The average Bonchev–Trinajstić information content (AvgIpc) is 2.45. The van der Waals surface area contributed by atoms with Crippen LogP contribution in [0.25, 0.3) is 10.2 Å². The van der Waals surface area contributed by atoms with E-state index < -0.39 is 0 Å². The first-order chi connectivity index (χ1) is 6.67. The van der Waals surface area contributed by atoms with E-state index in [9.17, 15) is 0 Å². The van der Waals surface area contributed by atoms with Crippen LogP contribution in [-0.2, 0) is 0 Å². The molecule has 0 aliphatic heterocycles. The second-order valence-electron chi connectivity index (χ2n) is 2.97. The molecule has 0 saturated heterocycles. The van der Waals surface area contributed by atoms with Crippen molar-refractivity contribution in [1.29, 1.82) is 0 Å². The third-order valence-corrected chi connectivity index (χ3v) is 2.60. The van der Waals surface area contributed by atoms with Crippen LogP contribution in [0.5, 0.6) is 0 Å². The number of hydrogen-bond donors (Lipinski definition) is 0. The molecular weight excluding hydrogens is 305 g/mol. The maximum absolute atomic E-state index is 4.39. The summed E-state index contributed by atoms with van der Waals surface area (Å²) in [6.45, 7) is 6.24.